The highest BCUT2D eigenvalue weighted by atomic mass is 16.6. The van der Waals surface area contributed by atoms with E-state index in [0.29, 0.717) is 0 Å². The van der Waals surface area contributed by atoms with Gasteiger partial charge in [0.15, 0.2) is 12.6 Å². The number of hydrogen-bond acceptors (Lipinski definition) is 4. The summed E-state index contributed by atoms with van der Waals surface area (Å²) < 4.78 is 11.3. The minimum atomic E-state index is -0.875. The van der Waals surface area contributed by atoms with Crippen molar-refractivity contribution in [1.29, 1.82) is 0 Å². The Morgan fingerprint density at radius 2 is 1.83 bits per heavy atom. The lowest BCUT2D eigenvalue weighted by atomic mass is 9.88. The predicted octanol–water partition coefficient (Wildman–Crippen LogP) is 3.38. The van der Waals surface area contributed by atoms with Crippen molar-refractivity contribution in [1.82, 2.24) is 0 Å². The molecule has 0 spiro atoms. The van der Waals surface area contributed by atoms with Crippen molar-refractivity contribution in [3.8, 4) is 0 Å². The number of allylic oxidation sites excluding steroid dienone is 2. The molecule has 4 heteroatoms. The Balaban J connectivity index is 1.84. The van der Waals surface area contributed by atoms with Gasteiger partial charge in [0.1, 0.15) is 0 Å². The summed E-state index contributed by atoms with van der Waals surface area (Å²) >= 11 is 0. The quantitative estimate of drug-likeness (QED) is 0.668. The molecule has 0 radical (unpaired) electrons. The van der Waals surface area contributed by atoms with E-state index in [1.165, 1.54) is 5.57 Å². The van der Waals surface area contributed by atoms with Crippen LogP contribution in [0.15, 0.2) is 47.1 Å². The number of ether oxygens (including phenoxy) is 2. The lowest BCUT2D eigenvalue weighted by molar-refractivity contribution is -0.0801. The SMILES string of the molecule is C=C1C(O)O[C@H]2/C=C(\C)CC3C=C(CC/C=C(\C)CCC12)C(O)O3. The minimum Gasteiger partial charge on any atom is -0.364 e. The highest BCUT2D eigenvalue weighted by Gasteiger charge is 2.36. The zero-order valence-electron chi connectivity index (χ0n) is 14.6. The molecule has 0 aromatic rings. The van der Waals surface area contributed by atoms with Crippen LogP contribution in [0.25, 0.3) is 0 Å². The van der Waals surface area contributed by atoms with Crippen LogP contribution in [-0.4, -0.2) is 35.0 Å². The first-order valence-corrected chi connectivity index (χ1v) is 8.83. The third-order valence-electron chi connectivity index (χ3n) is 5.24. The second kappa shape index (κ2) is 7.36. The first-order valence-electron chi connectivity index (χ1n) is 8.83. The fourth-order valence-electron chi connectivity index (χ4n) is 3.79. The van der Waals surface area contributed by atoms with Gasteiger partial charge in [-0.1, -0.05) is 36.0 Å². The summed E-state index contributed by atoms with van der Waals surface area (Å²) in [6.07, 6.45) is 8.84. The first-order chi connectivity index (χ1) is 11.4. The highest BCUT2D eigenvalue weighted by Crippen LogP contribution is 2.36. The van der Waals surface area contributed by atoms with E-state index in [1.54, 1.807) is 0 Å². The summed E-state index contributed by atoms with van der Waals surface area (Å²) in [6, 6.07) is 0. The molecule has 2 bridgehead atoms. The Morgan fingerprint density at radius 1 is 1.04 bits per heavy atom. The van der Waals surface area contributed by atoms with Gasteiger partial charge in [0, 0.05) is 5.92 Å². The Labute approximate surface area is 144 Å². The van der Waals surface area contributed by atoms with Crippen molar-refractivity contribution in [3.63, 3.8) is 0 Å². The Bertz CT molecular complexity index is 586. The van der Waals surface area contributed by atoms with Crippen LogP contribution in [0.3, 0.4) is 0 Å². The monoisotopic (exact) mass is 332 g/mol. The molecule has 5 atom stereocenters. The van der Waals surface area contributed by atoms with Gasteiger partial charge in [-0.2, -0.15) is 0 Å². The molecule has 4 nitrogen and oxygen atoms in total. The fourth-order valence-corrected chi connectivity index (χ4v) is 3.79. The third-order valence-corrected chi connectivity index (χ3v) is 5.24. The fraction of sp³-hybridized carbons (Fsp3) is 0.600. The molecule has 2 aliphatic heterocycles. The maximum absolute atomic E-state index is 10.1. The van der Waals surface area contributed by atoms with Gasteiger partial charge < -0.3 is 19.7 Å². The standard InChI is InChI=1S/C20H28O4/c1-12-5-4-6-15-11-16(23-20(15)22)9-13(2)10-18-17(8-7-12)14(3)19(21)24-18/h5,10-11,16-22H,3-4,6-9H2,1-2H3/b12-5+,13-10+/t16?,17?,18-,19?,20?/m0/s1. The first kappa shape index (κ1) is 17.6. The van der Waals surface area contributed by atoms with Crippen molar-refractivity contribution >= 4 is 0 Å². The molecule has 0 aromatic carbocycles. The molecule has 1 aliphatic carbocycles. The lowest BCUT2D eigenvalue weighted by Gasteiger charge is -2.17. The molecule has 3 aliphatic rings. The summed E-state index contributed by atoms with van der Waals surface area (Å²) in [6.45, 7) is 8.21. The number of aliphatic hydroxyl groups excluding tert-OH is 2. The number of rotatable bonds is 0. The van der Waals surface area contributed by atoms with Crippen LogP contribution in [0.2, 0.25) is 0 Å². The zero-order valence-corrected chi connectivity index (χ0v) is 14.6. The molecule has 0 amide bonds. The Morgan fingerprint density at radius 3 is 2.62 bits per heavy atom. The summed E-state index contributed by atoms with van der Waals surface area (Å²) in [7, 11) is 0. The van der Waals surface area contributed by atoms with Gasteiger partial charge in [-0.15, -0.1) is 0 Å². The molecule has 0 aromatic heterocycles. The predicted molar refractivity (Wildman–Crippen MR) is 93.1 cm³/mol. The smallest absolute Gasteiger partial charge is 0.177 e. The van der Waals surface area contributed by atoms with Crippen molar-refractivity contribution in [3.05, 3.63) is 47.1 Å². The maximum atomic E-state index is 10.1. The van der Waals surface area contributed by atoms with E-state index in [0.717, 1.165) is 48.8 Å². The maximum Gasteiger partial charge on any atom is 0.177 e. The molecule has 1 fully saturated rings. The van der Waals surface area contributed by atoms with Gasteiger partial charge in [0.25, 0.3) is 0 Å². The summed E-state index contributed by atoms with van der Waals surface area (Å²) in [5.41, 5.74) is 4.23. The van der Waals surface area contributed by atoms with E-state index in [4.69, 9.17) is 9.47 Å². The van der Waals surface area contributed by atoms with Crippen LogP contribution >= 0.6 is 0 Å². The number of fused-ring (bicyclic) bond motifs is 2. The Kier molecular flexibility index (Phi) is 5.40. The largest absolute Gasteiger partial charge is 0.364 e. The topological polar surface area (TPSA) is 58.9 Å². The third kappa shape index (κ3) is 3.89. The van der Waals surface area contributed by atoms with Gasteiger partial charge in [-0.05, 0) is 57.1 Å². The number of aliphatic hydroxyl groups is 2. The van der Waals surface area contributed by atoms with Gasteiger partial charge in [0.2, 0.25) is 0 Å². The molecule has 4 unspecified atom stereocenters. The summed E-state index contributed by atoms with van der Waals surface area (Å²) in [5.74, 6) is 0.141. The molecule has 2 heterocycles. The zero-order chi connectivity index (χ0) is 17.3. The van der Waals surface area contributed by atoms with Crippen molar-refractivity contribution in [2.24, 2.45) is 5.92 Å². The average molecular weight is 332 g/mol. The summed E-state index contributed by atoms with van der Waals surface area (Å²) in [4.78, 5) is 0. The highest BCUT2D eigenvalue weighted by molar-refractivity contribution is 5.22. The van der Waals surface area contributed by atoms with Crippen molar-refractivity contribution in [2.75, 3.05) is 0 Å². The van der Waals surface area contributed by atoms with Gasteiger partial charge in [-0.25, -0.2) is 0 Å². The van der Waals surface area contributed by atoms with Crippen LogP contribution in [0.4, 0.5) is 0 Å². The van der Waals surface area contributed by atoms with Crippen LogP contribution < -0.4 is 0 Å². The van der Waals surface area contributed by atoms with Crippen LogP contribution in [0.1, 0.15) is 46.0 Å². The summed E-state index contributed by atoms with van der Waals surface area (Å²) in [5, 5.41) is 20.1. The van der Waals surface area contributed by atoms with Crippen LogP contribution in [0.5, 0.6) is 0 Å². The van der Waals surface area contributed by atoms with Crippen molar-refractivity contribution in [2.45, 2.75) is 70.7 Å². The number of hydrogen-bond donors (Lipinski definition) is 2. The average Bonchev–Trinajstić information content (AvgIpc) is 2.97. The molecular formula is C20H28O4. The molecule has 1 saturated heterocycles. The van der Waals surface area contributed by atoms with Gasteiger partial charge in [-0.3, -0.25) is 0 Å². The van der Waals surface area contributed by atoms with E-state index in [2.05, 4.69) is 31.7 Å². The lowest BCUT2D eigenvalue weighted by Crippen LogP contribution is -2.16. The molecule has 0 saturated carbocycles. The second-order valence-electron chi connectivity index (χ2n) is 7.25. The van der Waals surface area contributed by atoms with Gasteiger partial charge >= 0.3 is 0 Å². The minimum absolute atomic E-state index is 0.0905. The van der Waals surface area contributed by atoms with E-state index in [9.17, 15) is 10.2 Å². The second-order valence-corrected chi connectivity index (χ2v) is 7.25. The van der Waals surface area contributed by atoms with Crippen molar-refractivity contribution < 1.29 is 19.7 Å². The van der Waals surface area contributed by atoms with E-state index in [1.807, 2.05) is 6.92 Å². The molecule has 132 valence electrons. The van der Waals surface area contributed by atoms with Gasteiger partial charge in [0.05, 0.1) is 12.2 Å². The molecule has 3 rings (SSSR count). The van der Waals surface area contributed by atoms with Crippen LogP contribution in [-0.2, 0) is 9.47 Å². The van der Waals surface area contributed by atoms with Crippen LogP contribution in [0, 0.1) is 5.92 Å². The molecule has 2 N–H and O–H groups in total. The van der Waals surface area contributed by atoms with E-state index < -0.39 is 12.6 Å². The molecular weight excluding hydrogens is 304 g/mol. The molecule has 24 heavy (non-hydrogen) atoms. The normalized spacial score (nSPS) is 42.4. The van der Waals surface area contributed by atoms with E-state index in [-0.39, 0.29) is 18.1 Å². The Hall–Kier alpha value is -1.20. The van der Waals surface area contributed by atoms with E-state index >= 15 is 0 Å².